The number of carbonyl (C=O) groups excluding carboxylic acids is 2. The second-order valence-corrected chi connectivity index (χ2v) is 5.19. The smallest absolute Gasteiger partial charge is 0.225 e. The van der Waals surface area contributed by atoms with E-state index >= 15 is 0 Å². The molecule has 1 N–H and O–H groups in total. The van der Waals surface area contributed by atoms with Crippen molar-refractivity contribution < 1.29 is 9.59 Å². The van der Waals surface area contributed by atoms with Gasteiger partial charge in [-0.25, -0.2) is 4.98 Å². The number of benzene rings is 1. The lowest BCUT2D eigenvalue weighted by Gasteiger charge is -2.05. The summed E-state index contributed by atoms with van der Waals surface area (Å²) in [6.45, 7) is 3.93. The van der Waals surface area contributed by atoms with Gasteiger partial charge in [-0.3, -0.25) is 9.59 Å². The van der Waals surface area contributed by atoms with Crippen molar-refractivity contribution in [3.8, 4) is 0 Å². The number of carbonyl (C=O) groups is 2. The Morgan fingerprint density at radius 2 is 1.77 bits per heavy atom. The molecule has 2 aromatic rings. The number of pyridine rings is 1. The number of nitrogens with zero attached hydrogens (tertiary/aromatic N) is 1. The minimum Gasteiger partial charge on any atom is -0.311 e. The highest BCUT2D eigenvalue weighted by atomic mass is 16.2. The van der Waals surface area contributed by atoms with Crippen molar-refractivity contribution in [1.29, 1.82) is 0 Å². The van der Waals surface area contributed by atoms with Gasteiger partial charge in [0.2, 0.25) is 5.91 Å². The molecule has 0 unspecified atom stereocenters. The van der Waals surface area contributed by atoms with Crippen LogP contribution in [0.25, 0.3) is 0 Å². The average Bonchev–Trinajstić information content (AvgIpc) is 2.52. The van der Waals surface area contributed by atoms with Crippen LogP contribution in [0.2, 0.25) is 0 Å². The molecule has 0 aliphatic carbocycles. The fraction of sp³-hybridized carbons (Fsp3) is 0.278. The van der Waals surface area contributed by atoms with Crippen molar-refractivity contribution in [2.24, 2.45) is 0 Å². The maximum absolute atomic E-state index is 12.1. The summed E-state index contributed by atoms with van der Waals surface area (Å²) in [5.41, 5.74) is 2.68. The predicted molar refractivity (Wildman–Crippen MR) is 87.0 cm³/mol. The van der Waals surface area contributed by atoms with Crippen molar-refractivity contribution in [3.05, 3.63) is 59.3 Å². The first kappa shape index (κ1) is 15.9. The van der Waals surface area contributed by atoms with E-state index in [9.17, 15) is 9.59 Å². The van der Waals surface area contributed by atoms with E-state index in [4.69, 9.17) is 0 Å². The van der Waals surface area contributed by atoms with Gasteiger partial charge in [-0.1, -0.05) is 37.3 Å². The van der Waals surface area contributed by atoms with E-state index < -0.39 is 0 Å². The van der Waals surface area contributed by atoms with Gasteiger partial charge in [0.1, 0.15) is 5.82 Å². The van der Waals surface area contributed by atoms with Crippen molar-refractivity contribution in [2.45, 2.75) is 33.1 Å². The number of rotatable bonds is 6. The van der Waals surface area contributed by atoms with Crippen LogP contribution in [0.15, 0.2) is 42.5 Å². The predicted octanol–water partition coefficient (Wildman–Crippen LogP) is 3.55. The SMILES string of the molecule is CCc1ccc(C(=O)CCC(=O)Nc2cccc(C)n2)cc1. The van der Waals surface area contributed by atoms with Crippen molar-refractivity contribution in [3.63, 3.8) is 0 Å². The molecule has 0 atom stereocenters. The molecule has 1 aromatic heterocycles. The zero-order valence-electron chi connectivity index (χ0n) is 12.9. The number of hydrogen-bond acceptors (Lipinski definition) is 3. The van der Waals surface area contributed by atoms with Gasteiger partial charge >= 0.3 is 0 Å². The molecule has 0 bridgehead atoms. The second-order valence-electron chi connectivity index (χ2n) is 5.19. The third kappa shape index (κ3) is 4.52. The van der Waals surface area contributed by atoms with E-state index in [0.29, 0.717) is 11.4 Å². The highest BCUT2D eigenvalue weighted by Crippen LogP contribution is 2.10. The van der Waals surface area contributed by atoms with E-state index in [-0.39, 0.29) is 24.5 Å². The summed E-state index contributed by atoms with van der Waals surface area (Å²) in [6.07, 6.45) is 1.30. The summed E-state index contributed by atoms with van der Waals surface area (Å²) >= 11 is 0. The van der Waals surface area contributed by atoms with E-state index in [0.717, 1.165) is 12.1 Å². The van der Waals surface area contributed by atoms with E-state index in [1.807, 2.05) is 43.3 Å². The van der Waals surface area contributed by atoms with Gasteiger partial charge in [-0.15, -0.1) is 0 Å². The first-order valence-corrected chi connectivity index (χ1v) is 7.44. The molecule has 0 radical (unpaired) electrons. The molecule has 1 heterocycles. The Labute approximate surface area is 130 Å². The van der Waals surface area contributed by atoms with Crippen LogP contribution in [0, 0.1) is 6.92 Å². The molecule has 2 rings (SSSR count). The number of nitrogens with one attached hydrogen (secondary N) is 1. The lowest BCUT2D eigenvalue weighted by atomic mass is 10.0. The number of anilines is 1. The summed E-state index contributed by atoms with van der Waals surface area (Å²) in [5.74, 6) is 0.302. The Kier molecular flexibility index (Phi) is 5.42. The number of amides is 1. The quantitative estimate of drug-likeness (QED) is 0.829. The first-order chi connectivity index (χ1) is 10.6. The lowest BCUT2D eigenvalue weighted by molar-refractivity contribution is -0.116. The zero-order chi connectivity index (χ0) is 15.9. The van der Waals surface area contributed by atoms with Crippen LogP contribution < -0.4 is 5.32 Å². The Morgan fingerprint density at radius 3 is 2.41 bits per heavy atom. The molecule has 0 aliphatic rings. The normalized spacial score (nSPS) is 10.3. The molecule has 0 fully saturated rings. The van der Waals surface area contributed by atoms with E-state index in [1.54, 1.807) is 6.07 Å². The summed E-state index contributed by atoms with van der Waals surface area (Å²) < 4.78 is 0. The molecule has 1 amide bonds. The van der Waals surface area contributed by atoms with E-state index in [1.165, 1.54) is 5.56 Å². The zero-order valence-corrected chi connectivity index (χ0v) is 12.9. The number of aryl methyl sites for hydroxylation is 2. The van der Waals surface area contributed by atoms with Gasteiger partial charge in [-0.05, 0) is 31.0 Å². The van der Waals surface area contributed by atoms with E-state index in [2.05, 4.69) is 17.2 Å². The van der Waals surface area contributed by atoms with Gasteiger partial charge in [0.05, 0.1) is 0 Å². The molecule has 22 heavy (non-hydrogen) atoms. The molecule has 4 heteroatoms. The van der Waals surface area contributed by atoms with Gasteiger partial charge in [0, 0.05) is 24.1 Å². The minimum absolute atomic E-state index is 0.0185. The van der Waals surface area contributed by atoms with Crippen molar-refractivity contribution in [1.82, 2.24) is 4.98 Å². The average molecular weight is 296 g/mol. The highest BCUT2D eigenvalue weighted by Gasteiger charge is 2.10. The second kappa shape index (κ2) is 7.50. The number of aromatic nitrogens is 1. The molecule has 0 saturated heterocycles. The Hall–Kier alpha value is -2.49. The maximum atomic E-state index is 12.1. The molecule has 114 valence electrons. The van der Waals surface area contributed by atoms with Crippen LogP contribution in [-0.4, -0.2) is 16.7 Å². The standard InChI is InChI=1S/C18H20N2O2/c1-3-14-7-9-15(10-8-14)16(21)11-12-18(22)20-17-6-4-5-13(2)19-17/h4-10H,3,11-12H2,1-2H3,(H,19,20,22). The molecule has 0 aliphatic heterocycles. The molecule has 0 saturated carbocycles. The lowest BCUT2D eigenvalue weighted by Crippen LogP contribution is -2.14. The number of Topliss-reactive ketones (excluding diaryl/α,β-unsaturated/α-hetero) is 1. The van der Waals surface area contributed by atoms with Gasteiger partial charge in [0.25, 0.3) is 0 Å². The van der Waals surface area contributed by atoms with Crippen LogP contribution in [0.4, 0.5) is 5.82 Å². The fourth-order valence-corrected chi connectivity index (χ4v) is 2.12. The molecular weight excluding hydrogens is 276 g/mol. The maximum Gasteiger partial charge on any atom is 0.225 e. The van der Waals surface area contributed by atoms with Crippen LogP contribution in [-0.2, 0) is 11.2 Å². The van der Waals surface area contributed by atoms with Gasteiger partial charge in [-0.2, -0.15) is 0 Å². The molecule has 0 spiro atoms. The molecular formula is C18H20N2O2. The third-order valence-electron chi connectivity index (χ3n) is 3.42. The largest absolute Gasteiger partial charge is 0.311 e. The Bertz CT molecular complexity index is 663. The van der Waals surface area contributed by atoms with Crippen LogP contribution >= 0.6 is 0 Å². The number of ketones is 1. The molecule has 4 nitrogen and oxygen atoms in total. The fourth-order valence-electron chi connectivity index (χ4n) is 2.12. The van der Waals surface area contributed by atoms with Gasteiger partial charge in [0.15, 0.2) is 5.78 Å². The topological polar surface area (TPSA) is 59.1 Å². The monoisotopic (exact) mass is 296 g/mol. The minimum atomic E-state index is -0.198. The summed E-state index contributed by atoms with van der Waals surface area (Å²) in [7, 11) is 0. The van der Waals surface area contributed by atoms with Gasteiger partial charge < -0.3 is 5.32 Å². The van der Waals surface area contributed by atoms with Crippen LogP contribution in [0.5, 0.6) is 0 Å². The Morgan fingerprint density at radius 1 is 1.05 bits per heavy atom. The third-order valence-corrected chi connectivity index (χ3v) is 3.42. The highest BCUT2D eigenvalue weighted by molar-refractivity contribution is 5.99. The number of hydrogen-bond donors (Lipinski definition) is 1. The van der Waals surface area contributed by atoms with Crippen LogP contribution in [0.1, 0.15) is 41.4 Å². The van der Waals surface area contributed by atoms with Crippen LogP contribution in [0.3, 0.4) is 0 Å². The summed E-state index contributed by atoms with van der Waals surface area (Å²) in [6, 6.07) is 13.0. The van der Waals surface area contributed by atoms with Crippen molar-refractivity contribution in [2.75, 3.05) is 5.32 Å². The first-order valence-electron chi connectivity index (χ1n) is 7.44. The Balaban J connectivity index is 1.86. The molecule has 1 aromatic carbocycles. The summed E-state index contributed by atoms with van der Waals surface area (Å²) in [4.78, 5) is 28.1. The summed E-state index contributed by atoms with van der Waals surface area (Å²) in [5, 5.41) is 2.71. The van der Waals surface area contributed by atoms with Crippen molar-refractivity contribution >= 4 is 17.5 Å².